The van der Waals surface area contributed by atoms with E-state index < -0.39 is 37.0 Å². The molecule has 0 aliphatic heterocycles. The van der Waals surface area contributed by atoms with Crippen LogP contribution in [-0.2, 0) is 58.1 Å². The van der Waals surface area contributed by atoms with Gasteiger partial charge < -0.3 is 24.3 Å². The molecule has 10 atom stereocenters. The predicted octanol–water partition coefficient (Wildman–Crippen LogP) is 31.7. The summed E-state index contributed by atoms with van der Waals surface area (Å²) in [6, 6.07) is 44.9. The molecule has 2 saturated carbocycles. The second-order valence-corrected chi connectivity index (χ2v) is 57.1. The van der Waals surface area contributed by atoms with Crippen molar-refractivity contribution in [1.82, 2.24) is 0 Å². The van der Waals surface area contributed by atoms with Gasteiger partial charge >= 0.3 is 37.9 Å². The van der Waals surface area contributed by atoms with E-state index in [-0.39, 0.29) is 58.2 Å². The molecule has 0 heterocycles. The van der Waals surface area contributed by atoms with Crippen LogP contribution < -0.4 is 4.74 Å². The van der Waals surface area contributed by atoms with Gasteiger partial charge in [-0.15, -0.1) is 0 Å². The van der Waals surface area contributed by atoms with Crippen LogP contribution in [0.5, 0.6) is 5.75 Å². The number of hydrogen-bond donors (Lipinski definition) is 0. The molecule has 0 radical (unpaired) electrons. The third-order valence-electron chi connectivity index (χ3n) is 26.5. The number of rotatable bonds is 10. The van der Waals surface area contributed by atoms with Crippen molar-refractivity contribution in [3.05, 3.63) is 243 Å². The zero-order valence-corrected chi connectivity index (χ0v) is 82.1. The van der Waals surface area contributed by atoms with Crippen LogP contribution in [0.15, 0.2) is 162 Å². The predicted molar refractivity (Wildman–Crippen MR) is 494 cm³/mol. The molecule has 12 rings (SSSR count). The van der Waals surface area contributed by atoms with Gasteiger partial charge in [0.2, 0.25) is 0 Å². The minimum absolute atomic E-state index is 0. The Morgan fingerprint density at radius 1 is 0.414 bits per heavy atom. The van der Waals surface area contributed by atoms with E-state index in [0.29, 0.717) is 52.1 Å². The van der Waals surface area contributed by atoms with E-state index in [1.54, 1.807) is 11.1 Å². The summed E-state index contributed by atoms with van der Waals surface area (Å²) in [5.41, 5.74) is 33.9. The maximum atomic E-state index is 6.41. The van der Waals surface area contributed by atoms with Crippen LogP contribution in [0.2, 0.25) is 37.3 Å². The summed E-state index contributed by atoms with van der Waals surface area (Å²) in [4.78, 5) is 0. The standard InChI is InChI=1S/C51H74OSi.C51H66OSi.2CH3.2ClH.Zr/c2*1-31-23-39-38(34-25-35(48(3,4)5)27-36(26-34)49(6,7)8)28-37(50(9,10)11)29-41(39)46(31)53(16,17)47-32(2)24-40-42(47)30-43(51(12,13)14)45(52-15)44(40)33-21-19-18-20-22-33;;;;;/h18-22,25-32,39-42,46-47H,23-24H2,1-17H3;18-30,46-47H,1-17H3;2*1H3;2*1H;/q;;2*-1;;;+4/p-2. The van der Waals surface area contributed by atoms with E-state index >= 15 is 0 Å². The van der Waals surface area contributed by atoms with Crippen molar-refractivity contribution in [2.24, 2.45) is 46.3 Å². The Hall–Kier alpha value is -4.74. The van der Waals surface area contributed by atoms with Crippen molar-refractivity contribution >= 4 is 56.5 Å². The average molecular weight is 1650 g/mol. The van der Waals surface area contributed by atoms with Crippen molar-refractivity contribution in [1.29, 1.82) is 0 Å². The fourth-order valence-corrected chi connectivity index (χ4v) is 32.4. The van der Waals surface area contributed by atoms with Crippen LogP contribution >= 0.6 is 17.0 Å². The van der Waals surface area contributed by atoms with Gasteiger partial charge in [0, 0.05) is 27.8 Å². The monoisotopic (exact) mass is 1640 g/mol. The van der Waals surface area contributed by atoms with Gasteiger partial charge in [-0.05, 0) is 211 Å². The summed E-state index contributed by atoms with van der Waals surface area (Å²) in [7, 11) is 9.54. The fraction of sp³-hybridized carbons (Fsp3) is 0.519. The molecule has 0 amide bonds. The Morgan fingerprint density at radius 3 is 1.23 bits per heavy atom. The summed E-state index contributed by atoms with van der Waals surface area (Å²) in [6.45, 7) is 78.0. The zero-order valence-electron chi connectivity index (χ0n) is 76.1. The summed E-state index contributed by atoms with van der Waals surface area (Å²) < 4.78 is 12.7. The van der Waals surface area contributed by atoms with Gasteiger partial charge in [0.25, 0.3) is 0 Å². The minimum atomic E-state index is -2.16. The van der Waals surface area contributed by atoms with Gasteiger partial charge in [0.1, 0.15) is 11.5 Å². The van der Waals surface area contributed by atoms with Crippen LogP contribution in [0, 0.1) is 61.2 Å². The summed E-state index contributed by atoms with van der Waals surface area (Å²) >= 11 is -0.826. The van der Waals surface area contributed by atoms with Crippen molar-refractivity contribution in [2.75, 3.05) is 14.2 Å². The van der Waals surface area contributed by atoms with Gasteiger partial charge in [-0.3, -0.25) is 0 Å². The first-order chi connectivity index (χ1) is 50.1. The molecule has 2 fully saturated rings. The van der Waals surface area contributed by atoms with E-state index in [1.807, 2.05) is 14.2 Å². The molecule has 0 saturated heterocycles. The Morgan fingerprint density at radius 2 is 0.820 bits per heavy atom. The Kier molecular flexibility index (Phi) is 27.3. The van der Waals surface area contributed by atoms with Crippen molar-refractivity contribution < 1.29 is 30.3 Å². The van der Waals surface area contributed by atoms with Crippen LogP contribution in [-0.4, -0.2) is 30.4 Å². The molecular formula is C104H146Cl2O2Si2Zr. The van der Waals surface area contributed by atoms with Crippen molar-refractivity contribution in [2.45, 2.75) is 288 Å². The molecular weight excluding hydrogens is 1500 g/mol. The first-order valence-electron chi connectivity index (χ1n) is 41.3. The SMILES string of the molecule is COC1=C(c2ccccc2)C2CC(C)C([Si](C)(C)C3C(C)CC4C(c5cc(C(C)(C)C)cc(C(C)(C)C)c5)=CC(C(C)(C)C)=CC43)C2C=C1C(C)(C)C.COc1c(C(C)(C)C)cc2c(c1-c1ccccc1)C=C(C)C2[Si](C)(C)C1C(C)=Cc2c(-c3cc(C(C)(C)C)cc(C(C)(C)C)c3)cc(C(C)(C)C)cc21.[CH3-].[CH3-].[Cl][Zr+2][Cl]. The van der Waals surface area contributed by atoms with Crippen LogP contribution in [0.4, 0.5) is 0 Å². The molecule has 6 aliphatic rings. The second-order valence-electron chi connectivity index (χ2n) is 43.6. The number of fused-ring (bicyclic) bond motifs is 4. The molecule has 111 heavy (non-hydrogen) atoms. The normalized spacial score (nSPS) is 22.8. The molecule has 6 aromatic rings. The van der Waals surface area contributed by atoms with Crippen LogP contribution in [0.1, 0.15) is 285 Å². The molecule has 10 unspecified atom stereocenters. The van der Waals surface area contributed by atoms with Gasteiger partial charge in [-0.25, -0.2) is 0 Å². The number of benzene rings is 6. The fourth-order valence-electron chi connectivity index (χ4n) is 21.1. The number of allylic oxidation sites excluding steroid dienone is 9. The molecule has 6 aromatic carbocycles. The summed E-state index contributed by atoms with van der Waals surface area (Å²) in [5.74, 6) is 5.71. The molecule has 0 aromatic heterocycles. The quantitative estimate of drug-likeness (QED) is 0.101. The molecule has 2 nitrogen and oxygen atoms in total. The third-order valence-corrected chi connectivity index (χ3v) is 36.3. The maximum absolute atomic E-state index is 6.41. The van der Waals surface area contributed by atoms with Crippen LogP contribution in [0.3, 0.4) is 0 Å². The molecule has 0 spiro atoms. The molecule has 0 N–H and O–H groups in total. The van der Waals surface area contributed by atoms with E-state index in [2.05, 4.69) is 366 Å². The van der Waals surface area contributed by atoms with E-state index in [9.17, 15) is 0 Å². The Labute approximate surface area is 700 Å². The molecule has 600 valence electrons. The second kappa shape index (κ2) is 33.0. The van der Waals surface area contributed by atoms with Gasteiger partial charge in [-0.1, -0.05) is 363 Å². The van der Waals surface area contributed by atoms with E-state index in [4.69, 9.17) is 26.5 Å². The zero-order chi connectivity index (χ0) is 81.1. The van der Waals surface area contributed by atoms with Crippen molar-refractivity contribution in [3.8, 4) is 28.0 Å². The molecule has 6 aliphatic carbocycles. The Balaban J connectivity index is 0.000000265. The Bertz CT molecular complexity index is 4500. The summed E-state index contributed by atoms with van der Waals surface area (Å²) in [5, 5.41) is 0. The number of hydrogen-bond acceptors (Lipinski definition) is 2. The first-order valence-corrected chi connectivity index (χ1v) is 53.9. The number of methoxy groups -OCH3 is 2. The van der Waals surface area contributed by atoms with Gasteiger partial charge in [0.15, 0.2) is 0 Å². The number of halogens is 2. The van der Waals surface area contributed by atoms with Gasteiger partial charge in [-0.2, -0.15) is 0 Å². The molecule has 0 bridgehead atoms. The third kappa shape index (κ3) is 18.4. The van der Waals surface area contributed by atoms with Crippen LogP contribution in [0.25, 0.3) is 45.6 Å². The van der Waals surface area contributed by atoms with E-state index in [1.165, 1.54) is 124 Å². The number of ether oxygens (including phenoxy) is 2. The molecule has 7 heteroatoms. The first kappa shape index (κ1) is 91.8. The topological polar surface area (TPSA) is 18.5 Å². The van der Waals surface area contributed by atoms with Crippen molar-refractivity contribution in [3.63, 3.8) is 0 Å². The average Bonchev–Trinajstić information content (AvgIpc) is 1.57. The van der Waals surface area contributed by atoms with E-state index in [0.717, 1.165) is 17.0 Å². The van der Waals surface area contributed by atoms with Gasteiger partial charge in [0.05, 0.1) is 30.4 Å². The summed E-state index contributed by atoms with van der Waals surface area (Å²) in [6.07, 6.45) is 15.8.